The lowest BCUT2D eigenvalue weighted by Gasteiger charge is -2.25. The second-order valence-electron chi connectivity index (χ2n) is 5.28. The number of para-hydroxylation sites is 1. The highest BCUT2D eigenvalue weighted by Crippen LogP contribution is 2.28. The van der Waals surface area contributed by atoms with Crippen LogP contribution in [0, 0.1) is 0 Å². The first-order chi connectivity index (χ1) is 10.3. The zero-order valence-electron chi connectivity index (χ0n) is 11.8. The van der Waals surface area contributed by atoms with E-state index in [4.69, 9.17) is 17.4 Å². The minimum Gasteiger partial charge on any atom is -0.365 e. The number of aromatic nitrogens is 1. The highest BCUT2D eigenvalue weighted by molar-refractivity contribution is 6.31. The molecule has 2 heterocycles. The second kappa shape index (κ2) is 6.33. The maximum absolute atomic E-state index is 6.28. The van der Waals surface area contributed by atoms with Crippen LogP contribution in [-0.2, 0) is 13.0 Å². The van der Waals surface area contributed by atoms with Gasteiger partial charge in [0.1, 0.15) is 5.82 Å². The maximum Gasteiger partial charge on any atom is 0.140 e. The molecule has 0 fully saturated rings. The van der Waals surface area contributed by atoms with Gasteiger partial charge in [-0.2, -0.15) is 0 Å². The van der Waals surface area contributed by atoms with Gasteiger partial charge in [-0.05, 0) is 43.0 Å². The van der Waals surface area contributed by atoms with Gasteiger partial charge in [-0.25, -0.2) is 10.8 Å². The molecular weight excluding hydrogens is 284 g/mol. The normalized spacial score (nSPS) is 14.5. The van der Waals surface area contributed by atoms with Gasteiger partial charge in [0.25, 0.3) is 0 Å². The molecule has 1 aromatic carbocycles. The number of hydrogen-bond donors (Lipinski definition) is 2. The van der Waals surface area contributed by atoms with Gasteiger partial charge in [0.05, 0.1) is 17.3 Å². The van der Waals surface area contributed by atoms with E-state index >= 15 is 0 Å². The molecule has 1 aliphatic rings. The van der Waals surface area contributed by atoms with Crippen LogP contribution in [0.1, 0.15) is 24.1 Å². The number of nitrogens with one attached hydrogen (secondary N) is 1. The molecule has 1 aromatic heterocycles. The van der Waals surface area contributed by atoms with Gasteiger partial charge < -0.3 is 10.3 Å². The van der Waals surface area contributed by atoms with Crippen molar-refractivity contribution in [1.29, 1.82) is 0 Å². The van der Waals surface area contributed by atoms with E-state index in [2.05, 4.69) is 39.6 Å². The molecule has 1 aliphatic heterocycles. The van der Waals surface area contributed by atoms with Crippen LogP contribution in [0.25, 0.3) is 0 Å². The van der Waals surface area contributed by atoms with E-state index in [1.807, 2.05) is 6.07 Å². The van der Waals surface area contributed by atoms with Crippen LogP contribution < -0.4 is 16.2 Å². The van der Waals surface area contributed by atoms with Gasteiger partial charge >= 0.3 is 0 Å². The Labute approximate surface area is 129 Å². The number of anilines is 2. The fourth-order valence-corrected chi connectivity index (χ4v) is 2.95. The lowest BCUT2D eigenvalue weighted by Crippen LogP contribution is -2.24. The smallest absolute Gasteiger partial charge is 0.140 e. The summed E-state index contributed by atoms with van der Waals surface area (Å²) in [6, 6.07) is 12.2. The molecule has 3 N–H and O–H groups in total. The molecule has 21 heavy (non-hydrogen) atoms. The number of nitrogens with two attached hydrogens (primary N) is 1. The summed E-state index contributed by atoms with van der Waals surface area (Å²) < 4.78 is 0. The summed E-state index contributed by atoms with van der Waals surface area (Å²) in [4.78, 5) is 6.84. The quantitative estimate of drug-likeness (QED) is 0.674. The SMILES string of the molecule is NNc1ccc(Cl)c(CN2CCCCc3ccccc32)n1. The molecule has 0 radical (unpaired) electrons. The Balaban J connectivity index is 1.91. The molecule has 2 aromatic rings. The van der Waals surface area contributed by atoms with E-state index in [1.165, 1.54) is 24.1 Å². The van der Waals surface area contributed by atoms with Crippen molar-refractivity contribution in [2.45, 2.75) is 25.8 Å². The lowest BCUT2D eigenvalue weighted by molar-refractivity contribution is 0.708. The van der Waals surface area contributed by atoms with Gasteiger partial charge in [0, 0.05) is 12.2 Å². The van der Waals surface area contributed by atoms with Crippen LogP contribution >= 0.6 is 11.6 Å². The van der Waals surface area contributed by atoms with Crippen molar-refractivity contribution in [2.75, 3.05) is 16.9 Å². The third-order valence-corrected chi connectivity index (χ3v) is 4.21. The molecule has 5 heteroatoms. The molecule has 0 saturated carbocycles. The fourth-order valence-electron chi connectivity index (χ4n) is 2.79. The van der Waals surface area contributed by atoms with E-state index in [0.29, 0.717) is 17.4 Å². The van der Waals surface area contributed by atoms with Crippen molar-refractivity contribution >= 4 is 23.1 Å². The molecule has 0 unspecified atom stereocenters. The van der Waals surface area contributed by atoms with Gasteiger partial charge in [0.15, 0.2) is 0 Å². The zero-order valence-corrected chi connectivity index (χ0v) is 12.6. The predicted octanol–water partition coefficient (Wildman–Crippen LogP) is 3.36. The lowest BCUT2D eigenvalue weighted by atomic mass is 10.1. The van der Waals surface area contributed by atoms with Crippen molar-refractivity contribution in [2.24, 2.45) is 5.84 Å². The molecule has 0 saturated heterocycles. The summed E-state index contributed by atoms with van der Waals surface area (Å²) in [5.41, 5.74) is 6.12. The Morgan fingerprint density at radius 2 is 2.05 bits per heavy atom. The number of nitrogens with zero attached hydrogens (tertiary/aromatic N) is 2. The van der Waals surface area contributed by atoms with E-state index in [-0.39, 0.29) is 0 Å². The largest absolute Gasteiger partial charge is 0.365 e. The monoisotopic (exact) mass is 302 g/mol. The summed E-state index contributed by atoms with van der Waals surface area (Å²) in [6.07, 6.45) is 3.54. The first kappa shape index (κ1) is 14.2. The molecule has 3 rings (SSSR count). The van der Waals surface area contributed by atoms with Crippen LogP contribution in [0.3, 0.4) is 0 Å². The number of pyridine rings is 1. The average molecular weight is 303 g/mol. The summed E-state index contributed by atoms with van der Waals surface area (Å²) in [7, 11) is 0. The van der Waals surface area contributed by atoms with E-state index in [9.17, 15) is 0 Å². The highest BCUT2D eigenvalue weighted by atomic mass is 35.5. The summed E-state index contributed by atoms with van der Waals surface area (Å²) in [5.74, 6) is 6.07. The van der Waals surface area contributed by atoms with Gasteiger partial charge in [-0.15, -0.1) is 0 Å². The number of benzene rings is 1. The first-order valence-corrected chi connectivity index (χ1v) is 7.60. The number of aryl methyl sites for hydroxylation is 1. The van der Waals surface area contributed by atoms with Gasteiger partial charge in [-0.3, -0.25) is 0 Å². The summed E-state index contributed by atoms with van der Waals surface area (Å²) in [5, 5.41) is 0.677. The van der Waals surface area contributed by atoms with E-state index in [1.54, 1.807) is 6.07 Å². The number of rotatable bonds is 3. The third-order valence-electron chi connectivity index (χ3n) is 3.86. The number of halogens is 1. The van der Waals surface area contributed by atoms with Crippen molar-refractivity contribution in [1.82, 2.24) is 4.98 Å². The number of hydrogen-bond acceptors (Lipinski definition) is 4. The molecule has 0 aliphatic carbocycles. The molecule has 0 bridgehead atoms. The van der Waals surface area contributed by atoms with E-state index < -0.39 is 0 Å². The summed E-state index contributed by atoms with van der Waals surface area (Å²) >= 11 is 6.28. The molecule has 0 spiro atoms. The summed E-state index contributed by atoms with van der Waals surface area (Å²) in [6.45, 7) is 1.72. The Hall–Kier alpha value is -1.78. The highest BCUT2D eigenvalue weighted by Gasteiger charge is 2.17. The van der Waals surface area contributed by atoms with Crippen molar-refractivity contribution in [3.63, 3.8) is 0 Å². The second-order valence-corrected chi connectivity index (χ2v) is 5.68. The number of nitrogen functional groups attached to an aromatic ring is 1. The number of hydrazine groups is 1. The van der Waals surface area contributed by atoms with E-state index in [0.717, 1.165) is 18.7 Å². The number of fused-ring (bicyclic) bond motifs is 1. The Bertz CT molecular complexity index is 629. The first-order valence-electron chi connectivity index (χ1n) is 7.23. The minimum absolute atomic E-state index is 0.637. The molecule has 110 valence electrons. The predicted molar refractivity (Wildman–Crippen MR) is 87.5 cm³/mol. The van der Waals surface area contributed by atoms with Crippen LogP contribution in [0.5, 0.6) is 0 Å². The maximum atomic E-state index is 6.28. The topological polar surface area (TPSA) is 54.2 Å². The van der Waals surface area contributed by atoms with Crippen molar-refractivity contribution in [3.05, 3.63) is 52.7 Å². The Kier molecular flexibility index (Phi) is 4.27. The minimum atomic E-state index is 0.637. The molecule has 4 nitrogen and oxygen atoms in total. The molecule has 0 atom stereocenters. The third kappa shape index (κ3) is 3.12. The van der Waals surface area contributed by atoms with Crippen LogP contribution in [-0.4, -0.2) is 11.5 Å². The fraction of sp³-hybridized carbons (Fsp3) is 0.312. The Morgan fingerprint density at radius 3 is 2.90 bits per heavy atom. The zero-order chi connectivity index (χ0) is 14.7. The van der Waals surface area contributed by atoms with Crippen molar-refractivity contribution in [3.8, 4) is 0 Å². The van der Waals surface area contributed by atoms with Crippen LogP contribution in [0.2, 0.25) is 5.02 Å². The van der Waals surface area contributed by atoms with Crippen molar-refractivity contribution < 1.29 is 0 Å². The van der Waals surface area contributed by atoms with Crippen LogP contribution in [0.15, 0.2) is 36.4 Å². The average Bonchev–Trinajstić information content (AvgIpc) is 2.72. The van der Waals surface area contributed by atoms with Gasteiger partial charge in [0.2, 0.25) is 0 Å². The molecule has 0 amide bonds. The van der Waals surface area contributed by atoms with Crippen LogP contribution in [0.4, 0.5) is 11.5 Å². The Morgan fingerprint density at radius 1 is 1.19 bits per heavy atom. The molecular formula is C16H19ClN4. The van der Waals surface area contributed by atoms with Gasteiger partial charge in [-0.1, -0.05) is 29.8 Å². The standard InChI is InChI=1S/C16H19ClN4/c17-13-8-9-16(20-18)19-14(13)11-21-10-4-3-6-12-5-1-2-7-15(12)21/h1-2,5,7-9H,3-4,6,10-11,18H2,(H,19,20).